The van der Waals surface area contributed by atoms with Gasteiger partial charge in [0.2, 0.25) is 0 Å². The number of hydrogen-bond acceptors (Lipinski definition) is 2. The van der Waals surface area contributed by atoms with E-state index in [4.69, 9.17) is 0 Å². The van der Waals surface area contributed by atoms with Crippen molar-refractivity contribution in [2.45, 2.75) is 6.42 Å². The van der Waals surface area contributed by atoms with E-state index in [2.05, 4.69) is 4.98 Å². The molecule has 0 aliphatic carbocycles. The Hall–Kier alpha value is -1.71. The largest absolute Gasteiger partial charge is 0.330 e. The highest BCUT2D eigenvalue weighted by Gasteiger charge is 2.19. The van der Waals surface area contributed by atoms with E-state index in [1.807, 2.05) is 0 Å². The lowest BCUT2D eigenvalue weighted by Gasteiger charge is -2.23. The molecule has 0 bridgehead atoms. The van der Waals surface area contributed by atoms with E-state index in [1.54, 1.807) is 24.4 Å². The van der Waals surface area contributed by atoms with Crippen molar-refractivity contribution >= 4 is 5.91 Å². The van der Waals surface area contributed by atoms with Crippen LogP contribution in [0.2, 0.25) is 0 Å². The van der Waals surface area contributed by atoms with Gasteiger partial charge in [-0.15, -0.1) is 0 Å². The highest BCUT2D eigenvalue weighted by Crippen LogP contribution is 2.12. The molecule has 0 unspecified atom stereocenters. The summed E-state index contributed by atoms with van der Waals surface area (Å²) in [6, 6.07) is 5.13. The molecule has 4 heteroatoms. The lowest BCUT2D eigenvalue weighted by molar-refractivity contribution is 0.0749. The molecule has 1 aromatic heterocycles. The van der Waals surface area contributed by atoms with Crippen molar-refractivity contribution in [3.63, 3.8) is 0 Å². The number of rotatable bonds is 1. The molecule has 3 nitrogen and oxygen atoms in total. The molecule has 1 aromatic rings. The maximum atomic E-state index is 13.0. The Morgan fingerprint density at radius 3 is 3.00 bits per heavy atom. The third-order valence-corrected chi connectivity index (χ3v) is 2.28. The quantitative estimate of drug-likeness (QED) is 0.701. The molecule has 2 rings (SSSR count). The van der Waals surface area contributed by atoms with E-state index in [0.717, 1.165) is 0 Å². The summed E-state index contributed by atoms with van der Waals surface area (Å²) in [7, 11) is 0. The lowest BCUT2D eigenvalue weighted by atomic mass is 10.2. The smallest absolute Gasteiger partial charge is 0.272 e. The van der Waals surface area contributed by atoms with Gasteiger partial charge in [-0.2, -0.15) is 0 Å². The lowest BCUT2D eigenvalue weighted by Crippen LogP contribution is -2.35. The highest BCUT2D eigenvalue weighted by atomic mass is 19.1. The Morgan fingerprint density at radius 1 is 1.47 bits per heavy atom. The molecule has 1 aliphatic heterocycles. The van der Waals surface area contributed by atoms with Gasteiger partial charge in [0, 0.05) is 12.7 Å². The molecule has 2 heterocycles. The number of hydrogen-bond donors (Lipinski definition) is 0. The summed E-state index contributed by atoms with van der Waals surface area (Å²) in [6.45, 7) is 0.623. The molecule has 0 aromatic carbocycles. The first-order chi connectivity index (χ1) is 7.27. The Morgan fingerprint density at radius 2 is 2.33 bits per heavy atom. The molecule has 0 spiro atoms. The summed E-state index contributed by atoms with van der Waals surface area (Å²) >= 11 is 0. The summed E-state index contributed by atoms with van der Waals surface area (Å²) in [4.78, 5) is 17.2. The minimum absolute atomic E-state index is 0.0649. The number of pyridine rings is 1. The Balaban J connectivity index is 2.12. The van der Waals surface area contributed by atoms with Crippen molar-refractivity contribution in [1.82, 2.24) is 9.88 Å². The molecule has 15 heavy (non-hydrogen) atoms. The first-order valence-corrected chi connectivity index (χ1v) is 4.82. The minimum Gasteiger partial charge on any atom is -0.330 e. The van der Waals surface area contributed by atoms with E-state index in [1.165, 1.54) is 11.0 Å². The molecule has 1 amide bonds. The molecule has 0 saturated heterocycles. The van der Waals surface area contributed by atoms with Crippen molar-refractivity contribution in [2.24, 2.45) is 0 Å². The monoisotopic (exact) mass is 206 g/mol. The van der Waals surface area contributed by atoms with Gasteiger partial charge in [-0.3, -0.25) is 9.78 Å². The second kappa shape index (κ2) is 4.21. The number of nitrogens with zero attached hydrogens (tertiary/aromatic N) is 2. The summed E-state index contributed by atoms with van der Waals surface area (Å²) in [5.74, 6) is -0.454. The topological polar surface area (TPSA) is 33.2 Å². The molecule has 0 atom stereocenters. The van der Waals surface area contributed by atoms with Crippen LogP contribution in [-0.2, 0) is 0 Å². The van der Waals surface area contributed by atoms with Crippen LogP contribution in [0.4, 0.5) is 4.39 Å². The zero-order valence-electron chi connectivity index (χ0n) is 8.19. The van der Waals surface area contributed by atoms with Crippen LogP contribution in [-0.4, -0.2) is 28.9 Å². The third kappa shape index (κ3) is 2.21. The first kappa shape index (κ1) is 9.83. The fraction of sp³-hybridized carbons (Fsp3) is 0.273. The summed E-state index contributed by atoms with van der Waals surface area (Å²) < 4.78 is 13.0. The van der Waals surface area contributed by atoms with Crippen LogP contribution in [0.5, 0.6) is 0 Å². The summed E-state index contributed by atoms with van der Waals surface area (Å²) in [5, 5.41) is 0. The fourth-order valence-electron chi connectivity index (χ4n) is 1.53. The number of carbonyl (C=O) groups is 1. The van der Waals surface area contributed by atoms with Crippen LogP contribution in [0.1, 0.15) is 16.9 Å². The van der Waals surface area contributed by atoms with Gasteiger partial charge in [0.1, 0.15) is 11.5 Å². The van der Waals surface area contributed by atoms with Gasteiger partial charge < -0.3 is 4.90 Å². The standard InChI is InChI=1S/C11H11FN2O/c12-9-4-3-7-14(8-9)11(15)10-5-1-2-6-13-10/h1-2,4-6H,3,7-8H2. The first-order valence-electron chi connectivity index (χ1n) is 4.82. The van der Waals surface area contributed by atoms with Gasteiger partial charge in [-0.25, -0.2) is 4.39 Å². The molecular weight excluding hydrogens is 195 g/mol. The maximum Gasteiger partial charge on any atom is 0.272 e. The Bertz CT molecular complexity index is 389. The van der Waals surface area contributed by atoms with Gasteiger partial charge in [0.05, 0.1) is 6.54 Å². The molecule has 0 saturated carbocycles. The van der Waals surface area contributed by atoms with E-state index in [0.29, 0.717) is 18.7 Å². The van der Waals surface area contributed by atoms with Crippen LogP contribution in [0, 0.1) is 0 Å². The second-order valence-corrected chi connectivity index (χ2v) is 3.38. The average Bonchev–Trinajstić information content (AvgIpc) is 2.29. The molecule has 78 valence electrons. The van der Waals surface area contributed by atoms with Crippen molar-refractivity contribution < 1.29 is 9.18 Å². The number of halogens is 1. The van der Waals surface area contributed by atoms with Gasteiger partial charge in [-0.05, 0) is 24.6 Å². The number of carbonyl (C=O) groups excluding carboxylic acids is 1. The summed E-state index contributed by atoms with van der Waals surface area (Å²) in [6.07, 6.45) is 3.65. The van der Waals surface area contributed by atoms with Crippen LogP contribution < -0.4 is 0 Å². The fourth-order valence-corrected chi connectivity index (χ4v) is 1.53. The van der Waals surface area contributed by atoms with Crippen LogP contribution in [0.3, 0.4) is 0 Å². The van der Waals surface area contributed by atoms with E-state index < -0.39 is 0 Å². The van der Waals surface area contributed by atoms with Crippen molar-refractivity contribution in [3.05, 3.63) is 42.0 Å². The van der Waals surface area contributed by atoms with Gasteiger partial charge in [-0.1, -0.05) is 6.07 Å². The van der Waals surface area contributed by atoms with Crippen LogP contribution in [0.25, 0.3) is 0 Å². The van der Waals surface area contributed by atoms with Crippen molar-refractivity contribution in [3.8, 4) is 0 Å². The molecule has 0 radical (unpaired) electrons. The van der Waals surface area contributed by atoms with E-state index in [9.17, 15) is 9.18 Å². The Labute approximate surface area is 87.2 Å². The Kier molecular flexibility index (Phi) is 2.76. The predicted molar refractivity (Wildman–Crippen MR) is 53.9 cm³/mol. The molecule has 1 aliphatic rings. The molecule has 0 fully saturated rings. The minimum atomic E-state index is -0.245. The number of aromatic nitrogens is 1. The predicted octanol–water partition coefficient (Wildman–Crippen LogP) is 1.78. The van der Waals surface area contributed by atoms with Crippen molar-refractivity contribution in [1.29, 1.82) is 0 Å². The zero-order chi connectivity index (χ0) is 10.7. The van der Waals surface area contributed by atoms with E-state index >= 15 is 0 Å². The van der Waals surface area contributed by atoms with Gasteiger partial charge >= 0.3 is 0 Å². The highest BCUT2D eigenvalue weighted by molar-refractivity contribution is 5.92. The third-order valence-electron chi connectivity index (χ3n) is 2.28. The molecular formula is C11H11FN2O. The van der Waals surface area contributed by atoms with E-state index in [-0.39, 0.29) is 18.3 Å². The normalized spacial score (nSPS) is 16.1. The SMILES string of the molecule is O=C(c1ccccn1)N1CCC=C(F)C1. The summed E-state index contributed by atoms with van der Waals surface area (Å²) in [5.41, 5.74) is 0.368. The second-order valence-electron chi connectivity index (χ2n) is 3.38. The molecule has 0 N–H and O–H groups in total. The van der Waals surface area contributed by atoms with Gasteiger partial charge in [0.25, 0.3) is 5.91 Å². The van der Waals surface area contributed by atoms with Crippen LogP contribution >= 0.6 is 0 Å². The number of amides is 1. The van der Waals surface area contributed by atoms with Gasteiger partial charge in [0.15, 0.2) is 0 Å². The average molecular weight is 206 g/mol. The van der Waals surface area contributed by atoms with Crippen molar-refractivity contribution in [2.75, 3.05) is 13.1 Å². The zero-order valence-corrected chi connectivity index (χ0v) is 8.19. The van der Waals surface area contributed by atoms with Crippen LogP contribution in [0.15, 0.2) is 36.3 Å². The maximum absolute atomic E-state index is 13.0.